The molecule has 1 saturated heterocycles. The second-order valence-corrected chi connectivity index (χ2v) is 10.5. The molecule has 0 bridgehead atoms. The molecule has 0 aromatic heterocycles. The van der Waals surface area contributed by atoms with Gasteiger partial charge in [0.25, 0.3) is 0 Å². The number of ether oxygens (including phenoxy) is 3. The molecule has 1 aliphatic heterocycles. The molecule has 2 atom stereocenters. The van der Waals surface area contributed by atoms with Crippen LogP contribution >= 0.6 is 0 Å². The van der Waals surface area contributed by atoms with Crippen LogP contribution in [0.15, 0.2) is 60.7 Å². The number of rotatable bonds is 7. The number of hydrogen-bond acceptors (Lipinski definition) is 6. The Bertz CT molecular complexity index is 1340. The number of benzene rings is 3. The third-order valence-electron chi connectivity index (χ3n) is 6.43. The molecule has 0 saturated carbocycles. The molecule has 38 heavy (non-hydrogen) atoms. The molecule has 1 amide bonds. The van der Waals surface area contributed by atoms with Crippen LogP contribution < -0.4 is 4.74 Å². The third-order valence-corrected chi connectivity index (χ3v) is 6.43. The van der Waals surface area contributed by atoms with Crippen LogP contribution in [0, 0.1) is 11.3 Å². The van der Waals surface area contributed by atoms with E-state index in [2.05, 4.69) is 12.1 Å². The van der Waals surface area contributed by atoms with E-state index in [-0.39, 0.29) is 18.2 Å². The number of hydrogen-bond donors (Lipinski definition) is 0. The van der Waals surface area contributed by atoms with Crippen LogP contribution in [-0.2, 0) is 20.7 Å². The summed E-state index contributed by atoms with van der Waals surface area (Å²) in [6, 6.07) is 21.3. The second-order valence-electron chi connectivity index (χ2n) is 10.5. The van der Waals surface area contributed by atoms with E-state index in [1.165, 1.54) is 0 Å². The Balaban J connectivity index is 1.44. The first-order chi connectivity index (χ1) is 18.1. The first-order valence-corrected chi connectivity index (χ1v) is 13.0. The average Bonchev–Trinajstić information content (AvgIpc) is 3.35. The van der Waals surface area contributed by atoms with Gasteiger partial charge in [0.05, 0.1) is 30.7 Å². The molecule has 1 heterocycles. The van der Waals surface area contributed by atoms with E-state index in [1.54, 1.807) is 17.9 Å². The third kappa shape index (κ3) is 6.83. The smallest absolute Gasteiger partial charge is 0.410 e. The standard InChI is InChI=1S/C31H34N2O5/c1-5-36-29(34)28(18-21-6-8-25-17-22(19-32)7-9-24(25)16-21)23-10-12-26(13-11-23)37-27-14-15-33(20-27)30(35)38-31(2,3)4/h6-13,16-17,27-28H,5,14-15,18,20H2,1-4H3/t27-,28?/m0/s1. The summed E-state index contributed by atoms with van der Waals surface area (Å²) in [5.74, 6) is -0.0507. The number of amides is 1. The number of carbonyl (C=O) groups is 2. The molecule has 1 unspecified atom stereocenters. The van der Waals surface area contributed by atoms with Gasteiger partial charge in [-0.1, -0.05) is 36.4 Å². The number of likely N-dealkylation sites (tertiary alicyclic amines) is 1. The summed E-state index contributed by atoms with van der Waals surface area (Å²) >= 11 is 0. The molecule has 4 rings (SSSR count). The first-order valence-electron chi connectivity index (χ1n) is 13.0. The van der Waals surface area contributed by atoms with Gasteiger partial charge in [0.15, 0.2) is 0 Å². The normalized spacial score (nSPS) is 16.1. The number of nitrogens with zero attached hydrogens (tertiary/aromatic N) is 2. The summed E-state index contributed by atoms with van der Waals surface area (Å²) in [6.45, 7) is 8.73. The summed E-state index contributed by atoms with van der Waals surface area (Å²) < 4.78 is 17.0. The maximum atomic E-state index is 12.9. The highest BCUT2D eigenvalue weighted by atomic mass is 16.6. The SMILES string of the molecule is CCOC(=O)C(Cc1ccc2cc(C#N)ccc2c1)c1ccc(O[C@H]2CCN(C(=O)OC(C)(C)C)C2)cc1. The van der Waals surface area contributed by atoms with Crippen LogP contribution in [0.2, 0.25) is 0 Å². The number of carbonyl (C=O) groups excluding carboxylic acids is 2. The molecule has 3 aromatic carbocycles. The lowest BCUT2D eigenvalue weighted by Crippen LogP contribution is -2.36. The van der Waals surface area contributed by atoms with Crippen LogP contribution in [0.5, 0.6) is 5.75 Å². The maximum absolute atomic E-state index is 12.9. The van der Waals surface area contributed by atoms with E-state index < -0.39 is 11.5 Å². The molecule has 0 radical (unpaired) electrons. The molecule has 1 aliphatic rings. The highest BCUT2D eigenvalue weighted by Crippen LogP contribution is 2.28. The molecule has 0 N–H and O–H groups in total. The van der Waals surface area contributed by atoms with Crippen molar-refractivity contribution in [3.63, 3.8) is 0 Å². The van der Waals surface area contributed by atoms with Crippen molar-refractivity contribution in [1.29, 1.82) is 5.26 Å². The Morgan fingerprint density at radius 1 is 1.05 bits per heavy atom. The van der Waals surface area contributed by atoms with Gasteiger partial charge in [-0.2, -0.15) is 5.26 Å². The van der Waals surface area contributed by atoms with Crippen molar-refractivity contribution in [3.05, 3.63) is 77.4 Å². The predicted molar refractivity (Wildman–Crippen MR) is 145 cm³/mol. The fourth-order valence-corrected chi connectivity index (χ4v) is 4.60. The maximum Gasteiger partial charge on any atom is 0.410 e. The van der Waals surface area contributed by atoms with E-state index in [4.69, 9.17) is 19.5 Å². The summed E-state index contributed by atoms with van der Waals surface area (Å²) in [5.41, 5.74) is 1.94. The van der Waals surface area contributed by atoms with Crippen LogP contribution in [0.4, 0.5) is 4.79 Å². The van der Waals surface area contributed by atoms with Gasteiger partial charge in [-0.3, -0.25) is 4.79 Å². The molecule has 1 fully saturated rings. The van der Waals surface area contributed by atoms with Crippen LogP contribution in [0.1, 0.15) is 56.7 Å². The van der Waals surface area contributed by atoms with Crippen molar-refractivity contribution in [2.24, 2.45) is 0 Å². The molecular weight excluding hydrogens is 480 g/mol. The van der Waals surface area contributed by atoms with E-state index in [9.17, 15) is 9.59 Å². The number of fused-ring (bicyclic) bond motifs is 1. The van der Waals surface area contributed by atoms with Gasteiger partial charge in [0.2, 0.25) is 0 Å². The molecule has 0 aliphatic carbocycles. The summed E-state index contributed by atoms with van der Waals surface area (Å²) in [5, 5.41) is 11.2. The van der Waals surface area contributed by atoms with E-state index in [0.717, 1.165) is 28.3 Å². The van der Waals surface area contributed by atoms with Crippen molar-refractivity contribution in [3.8, 4) is 11.8 Å². The van der Waals surface area contributed by atoms with Gasteiger partial charge in [0.1, 0.15) is 17.5 Å². The molecule has 3 aromatic rings. The predicted octanol–water partition coefficient (Wildman–Crippen LogP) is 5.99. The van der Waals surface area contributed by atoms with Gasteiger partial charge < -0.3 is 19.1 Å². The topological polar surface area (TPSA) is 88.9 Å². The Labute approximate surface area is 223 Å². The van der Waals surface area contributed by atoms with Crippen molar-refractivity contribution in [2.75, 3.05) is 19.7 Å². The number of nitriles is 1. The van der Waals surface area contributed by atoms with E-state index in [0.29, 0.717) is 37.4 Å². The minimum Gasteiger partial charge on any atom is -0.489 e. The lowest BCUT2D eigenvalue weighted by atomic mass is 9.91. The summed E-state index contributed by atoms with van der Waals surface area (Å²) in [6.07, 6.45) is 0.774. The molecule has 0 spiro atoms. The van der Waals surface area contributed by atoms with E-state index in [1.807, 2.05) is 69.3 Å². The summed E-state index contributed by atoms with van der Waals surface area (Å²) in [7, 11) is 0. The van der Waals surface area contributed by atoms with Crippen molar-refractivity contribution in [1.82, 2.24) is 4.90 Å². The zero-order valence-electron chi connectivity index (χ0n) is 22.4. The highest BCUT2D eigenvalue weighted by molar-refractivity contribution is 5.85. The van der Waals surface area contributed by atoms with Crippen molar-refractivity contribution >= 4 is 22.8 Å². The van der Waals surface area contributed by atoms with Gasteiger partial charge in [0, 0.05) is 13.0 Å². The monoisotopic (exact) mass is 514 g/mol. The van der Waals surface area contributed by atoms with Gasteiger partial charge >= 0.3 is 12.1 Å². The van der Waals surface area contributed by atoms with Gasteiger partial charge in [-0.25, -0.2) is 4.79 Å². The Morgan fingerprint density at radius 2 is 1.76 bits per heavy atom. The Kier molecular flexibility index (Phi) is 8.21. The average molecular weight is 515 g/mol. The molecular formula is C31H34N2O5. The molecule has 7 nitrogen and oxygen atoms in total. The lowest BCUT2D eigenvalue weighted by molar-refractivity contribution is -0.144. The minimum atomic E-state index is -0.533. The number of esters is 1. The first kappa shape index (κ1) is 27.0. The zero-order chi connectivity index (χ0) is 27.3. The molecule has 7 heteroatoms. The Hall–Kier alpha value is -4.05. The van der Waals surface area contributed by atoms with Crippen LogP contribution in [-0.4, -0.2) is 48.4 Å². The van der Waals surface area contributed by atoms with Gasteiger partial charge in [-0.05, 0) is 80.3 Å². The van der Waals surface area contributed by atoms with Crippen molar-refractivity contribution < 1.29 is 23.8 Å². The fraction of sp³-hybridized carbons (Fsp3) is 0.387. The van der Waals surface area contributed by atoms with E-state index >= 15 is 0 Å². The largest absolute Gasteiger partial charge is 0.489 e. The zero-order valence-corrected chi connectivity index (χ0v) is 22.4. The second kappa shape index (κ2) is 11.6. The minimum absolute atomic E-state index is 0.117. The lowest BCUT2D eigenvalue weighted by Gasteiger charge is -2.24. The fourth-order valence-electron chi connectivity index (χ4n) is 4.60. The van der Waals surface area contributed by atoms with Gasteiger partial charge in [-0.15, -0.1) is 0 Å². The summed E-state index contributed by atoms with van der Waals surface area (Å²) in [4.78, 5) is 26.9. The van der Waals surface area contributed by atoms with Crippen LogP contribution in [0.3, 0.4) is 0 Å². The van der Waals surface area contributed by atoms with Crippen LogP contribution in [0.25, 0.3) is 10.8 Å². The Morgan fingerprint density at radius 3 is 2.45 bits per heavy atom. The van der Waals surface area contributed by atoms with Crippen molar-refractivity contribution in [2.45, 2.75) is 58.2 Å². The molecule has 198 valence electrons. The quantitative estimate of drug-likeness (QED) is 0.360. The highest BCUT2D eigenvalue weighted by Gasteiger charge is 2.31.